The standard InChI is InChI=1S/C13H18F2N2/c1-17(2)12-3-4-16-13(8-12)9-5-10(14)7-11(15)6-9/h5-7,12-13,16H,3-4,8H2,1-2H3. The predicted octanol–water partition coefficient (Wildman–Crippen LogP) is 2.32. The van der Waals surface area contributed by atoms with Crippen molar-refractivity contribution in [2.24, 2.45) is 0 Å². The van der Waals surface area contributed by atoms with Crippen LogP contribution in [0.25, 0.3) is 0 Å². The van der Waals surface area contributed by atoms with E-state index >= 15 is 0 Å². The number of nitrogens with zero attached hydrogens (tertiary/aromatic N) is 1. The molecule has 1 saturated heterocycles. The molecule has 0 aliphatic carbocycles. The van der Waals surface area contributed by atoms with Gasteiger partial charge in [0.05, 0.1) is 0 Å². The largest absolute Gasteiger partial charge is 0.310 e. The summed E-state index contributed by atoms with van der Waals surface area (Å²) in [6.07, 6.45) is 1.96. The van der Waals surface area contributed by atoms with E-state index in [4.69, 9.17) is 0 Å². The molecule has 1 aliphatic heterocycles. The van der Waals surface area contributed by atoms with Gasteiger partial charge in [-0.2, -0.15) is 0 Å². The monoisotopic (exact) mass is 240 g/mol. The fourth-order valence-electron chi connectivity index (χ4n) is 2.40. The molecule has 4 heteroatoms. The van der Waals surface area contributed by atoms with Crippen LogP contribution in [-0.4, -0.2) is 31.6 Å². The highest BCUT2D eigenvalue weighted by molar-refractivity contribution is 5.22. The zero-order valence-electron chi connectivity index (χ0n) is 10.2. The molecule has 1 fully saturated rings. The first-order valence-corrected chi connectivity index (χ1v) is 5.92. The van der Waals surface area contributed by atoms with Crippen molar-refractivity contribution in [3.8, 4) is 0 Å². The predicted molar refractivity (Wildman–Crippen MR) is 63.8 cm³/mol. The number of nitrogens with one attached hydrogen (secondary N) is 1. The fraction of sp³-hybridized carbons (Fsp3) is 0.538. The van der Waals surface area contributed by atoms with E-state index in [0.717, 1.165) is 25.5 Å². The van der Waals surface area contributed by atoms with Crippen LogP contribution in [0.15, 0.2) is 18.2 Å². The molecule has 0 aromatic heterocycles. The molecule has 1 aromatic rings. The van der Waals surface area contributed by atoms with Crippen molar-refractivity contribution in [3.63, 3.8) is 0 Å². The maximum absolute atomic E-state index is 13.2. The molecule has 0 bridgehead atoms. The molecule has 0 spiro atoms. The second kappa shape index (κ2) is 5.10. The number of rotatable bonds is 2. The van der Waals surface area contributed by atoms with E-state index in [1.165, 1.54) is 12.1 Å². The number of hydrogen-bond donors (Lipinski definition) is 1. The van der Waals surface area contributed by atoms with Crippen LogP contribution in [0.5, 0.6) is 0 Å². The van der Waals surface area contributed by atoms with E-state index in [0.29, 0.717) is 11.6 Å². The Balaban J connectivity index is 2.16. The van der Waals surface area contributed by atoms with Gasteiger partial charge in [-0.1, -0.05) is 0 Å². The zero-order chi connectivity index (χ0) is 12.4. The van der Waals surface area contributed by atoms with Crippen molar-refractivity contribution < 1.29 is 8.78 Å². The van der Waals surface area contributed by atoms with Crippen molar-refractivity contribution >= 4 is 0 Å². The van der Waals surface area contributed by atoms with E-state index in [9.17, 15) is 8.78 Å². The first-order valence-electron chi connectivity index (χ1n) is 5.92. The van der Waals surface area contributed by atoms with Crippen molar-refractivity contribution in [2.45, 2.75) is 24.9 Å². The minimum atomic E-state index is -0.506. The third-order valence-electron chi connectivity index (χ3n) is 3.39. The van der Waals surface area contributed by atoms with E-state index in [1.807, 2.05) is 14.1 Å². The van der Waals surface area contributed by atoms with E-state index in [2.05, 4.69) is 10.2 Å². The Morgan fingerprint density at radius 3 is 2.41 bits per heavy atom. The van der Waals surface area contributed by atoms with Crippen molar-refractivity contribution in [1.29, 1.82) is 0 Å². The molecular formula is C13H18F2N2. The SMILES string of the molecule is CN(C)C1CCNC(c2cc(F)cc(F)c2)C1. The lowest BCUT2D eigenvalue weighted by Gasteiger charge is -2.34. The lowest BCUT2D eigenvalue weighted by atomic mass is 9.93. The Bertz CT molecular complexity index is 373. The van der Waals surface area contributed by atoms with Crippen LogP contribution >= 0.6 is 0 Å². The Morgan fingerprint density at radius 1 is 1.18 bits per heavy atom. The van der Waals surface area contributed by atoms with E-state index < -0.39 is 11.6 Å². The number of piperidine rings is 1. The molecular weight excluding hydrogens is 222 g/mol. The van der Waals surface area contributed by atoms with Gasteiger partial charge in [0.15, 0.2) is 0 Å². The van der Waals surface area contributed by atoms with Crippen LogP contribution in [0, 0.1) is 11.6 Å². The summed E-state index contributed by atoms with van der Waals surface area (Å²) in [6.45, 7) is 0.881. The molecule has 1 aromatic carbocycles. The second-order valence-electron chi connectivity index (χ2n) is 4.85. The average molecular weight is 240 g/mol. The van der Waals surface area contributed by atoms with Gasteiger partial charge in [0.1, 0.15) is 11.6 Å². The average Bonchev–Trinajstić information content (AvgIpc) is 2.28. The maximum atomic E-state index is 13.2. The van der Waals surface area contributed by atoms with Gasteiger partial charge in [-0.05, 0) is 51.2 Å². The third kappa shape index (κ3) is 3.01. The topological polar surface area (TPSA) is 15.3 Å². The molecule has 0 radical (unpaired) electrons. The summed E-state index contributed by atoms with van der Waals surface area (Å²) in [6, 6.07) is 4.25. The quantitative estimate of drug-likeness (QED) is 0.853. The summed E-state index contributed by atoms with van der Waals surface area (Å²) < 4.78 is 26.3. The summed E-state index contributed by atoms with van der Waals surface area (Å²) >= 11 is 0. The molecule has 1 aliphatic rings. The van der Waals surface area contributed by atoms with Crippen LogP contribution in [0.4, 0.5) is 8.78 Å². The molecule has 94 valence electrons. The molecule has 2 rings (SSSR count). The minimum Gasteiger partial charge on any atom is -0.310 e. The Hall–Kier alpha value is -1.00. The molecule has 1 N–H and O–H groups in total. The second-order valence-corrected chi connectivity index (χ2v) is 4.85. The number of halogens is 2. The first-order chi connectivity index (χ1) is 8.06. The number of benzene rings is 1. The minimum absolute atomic E-state index is 0.0429. The van der Waals surface area contributed by atoms with Gasteiger partial charge in [-0.25, -0.2) is 8.78 Å². The number of hydrogen-bond acceptors (Lipinski definition) is 2. The molecule has 2 unspecified atom stereocenters. The highest BCUT2D eigenvalue weighted by Gasteiger charge is 2.24. The molecule has 2 atom stereocenters. The van der Waals surface area contributed by atoms with Gasteiger partial charge in [-0.15, -0.1) is 0 Å². The molecule has 1 heterocycles. The molecule has 2 nitrogen and oxygen atoms in total. The maximum Gasteiger partial charge on any atom is 0.126 e. The zero-order valence-corrected chi connectivity index (χ0v) is 10.2. The smallest absolute Gasteiger partial charge is 0.126 e. The Morgan fingerprint density at radius 2 is 1.82 bits per heavy atom. The van der Waals surface area contributed by atoms with Crippen molar-refractivity contribution in [1.82, 2.24) is 10.2 Å². The highest BCUT2D eigenvalue weighted by atomic mass is 19.1. The van der Waals surface area contributed by atoms with Gasteiger partial charge >= 0.3 is 0 Å². The van der Waals surface area contributed by atoms with Crippen LogP contribution in [0.1, 0.15) is 24.4 Å². The highest BCUT2D eigenvalue weighted by Crippen LogP contribution is 2.26. The van der Waals surface area contributed by atoms with E-state index in [-0.39, 0.29) is 6.04 Å². The van der Waals surface area contributed by atoms with Gasteiger partial charge in [-0.3, -0.25) is 0 Å². The van der Waals surface area contributed by atoms with Gasteiger partial charge in [0.2, 0.25) is 0 Å². The summed E-state index contributed by atoms with van der Waals surface area (Å²) in [7, 11) is 4.08. The first kappa shape index (κ1) is 12.5. The van der Waals surface area contributed by atoms with Gasteiger partial charge in [0, 0.05) is 18.2 Å². The summed E-state index contributed by atoms with van der Waals surface area (Å²) in [4.78, 5) is 2.17. The Kier molecular flexibility index (Phi) is 3.74. The third-order valence-corrected chi connectivity index (χ3v) is 3.39. The fourth-order valence-corrected chi connectivity index (χ4v) is 2.40. The summed E-state index contributed by atoms with van der Waals surface area (Å²) in [5.41, 5.74) is 0.703. The normalized spacial score (nSPS) is 25.2. The van der Waals surface area contributed by atoms with Crippen LogP contribution in [-0.2, 0) is 0 Å². The molecule has 17 heavy (non-hydrogen) atoms. The van der Waals surface area contributed by atoms with E-state index in [1.54, 1.807) is 0 Å². The summed E-state index contributed by atoms with van der Waals surface area (Å²) in [5, 5.41) is 3.31. The van der Waals surface area contributed by atoms with Crippen molar-refractivity contribution in [2.75, 3.05) is 20.6 Å². The lowest BCUT2D eigenvalue weighted by Crippen LogP contribution is -2.41. The molecule has 0 amide bonds. The van der Waals surface area contributed by atoms with Gasteiger partial charge < -0.3 is 10.2 Å². The lowest BCUT2D eigenvalue weighted by molar-refractivity contribution is 0.207. The van der Waals surface area contributed by atoms with Crippen LogP contribution < -0.4 is 5.32 Å². The van der Waals surface area contributed by atoms with Crippen LogP contribution in [0.2, 0.25) is 0 Å². The molecule has 0 saturated carbocycles. The summed E-state index contributed by atoms with van der Waals surface area (Å²) in [5.74, 6) is -1.01. The van der Waals surface area contributed by atoms with Crippen molar-refractivity contribution in [3.05, 3.63) is 35.4 Å². The van der Waals surface area contributed by atoms with Gasteiger partial charge in [0.25, 0.3) is 0 Å². The van der Waals surface area contributed by atoms with Crippen LogP contribution in [0.3, 0.4) is 0 Å². The Labute approximate surface area is 101 Å².